The minimum Gasteiger partial charge on any atom is -0.481 e. The van der Waals surface area contributed by atoms with Crippen molar-refractivity contribution >= 4 is 35.3 Å². The number of aliphatic carboxylic acids is 1. The van der Waals surface area contributed by atoms with Crippen molar-refractivity contribution < 1.29 is 24.2 Å². The predicted molar refractivity (Wildman–Crippen MR) is 126 cm³/mol. The number of nitrogens with one attached hydrogen (secondary N) is 2. The quantitative estimate of drug-likeness (QED) is 0.487. The average molecular weight is 474 g/mol. The molecule has 4 atom stereocenters. The highest BCUT2D eigenvalue weighted by atomic mass is 32.2. The Hall–Kier alpha value is -2.89. The molecule has 33 heavy (non-hydrogen) atoms. The van der Waals surface area contributed by atoms with Crippen LogP contribution in [0.3, 0.4) is 0 Å². The first kappa shape index (κ1) is 23.3. The Balaban J connectivity index is 1.34. The van der Waals surface area contributed by atoms with Gasteiger partial charge in [0.1, 0.15) is 12.2 Å². The third kappa shape index (κ3) is 5.73. The van der Waals surface area contributed by atoms with E-state index in [2.05, 4.69) is 20.6 Å². The maximum Gasteiger partial charge on any atom is 0.313 e. The van der Waals surface area contributed by atoms with Crippen LogP contribution >= 0.6 is 11.8 Å². The maximum atomic E-state index is 12.1. The van der Waals surface area contributed by atoms with Gasteiger partial charge in [-0.25, -0.2) is 9.97 Å². The molecule has 1 aromatic carbocycles. The number of carbonyl (C=O) groups is 2. The molecule has 11 heteroatoms. The number of benzene rings is 1. The zero-order valence-electron chi connectivity index (χ0n) is 18.4. The Morgan fingerprint density at radius 1 is 1.09 bits per heavy atom. The topological polar surface area (TPSA) is 126 Å². The number of anilines is 2. The fourth-order valence-electron chi connectivity index (χ4n) is 3.91. The Morgan fingerprint density at radius 3 is 2.48 bits per heavy atom. The van der Waals surface area contributed by atoms with Crippen LogP contribution in [0.5, 0.6) is 0 Å². The highest BCUT2D eigenvalue weighted by molar-refractivity contribution is 8.00. The lowest BCUT2D eigenvalue weighted by Crippen LogP contribution is -2.45. The summed E-state index contributed by atoms with van der Waals surface area (Å²) >= 11 is 1.06. The Bertz CT molecular complexity index is 989. The minimum atomic E-state index is -0.943. The highest BCUT2D eigenvalue weighted by Crippen LogP contribution is 2.29. The molecule has 1 amide bonds. The van der Waals surface area contributed by atoms with Crippen LogP contribution in [0.4, 0.5) is 11.6 Å². The number of carboxylic acids is 1. The summed E-state index contributed by atoms with van der Waals surface area (Å²) in [6.45, 7) is 0.739. The maximum absolute atomic E-state index is 12.1. The molecule has 176 valence electrons. The Labute approximate surface area is 196 Å². The number of fused-ring (bicyclic) bond motifs is 1. The van der Waals surface area contributed by atoms with Crippen LogP contribution in [0.15, 0.2) is 36.5 Å². The molecule has 4 rings (SSSR count). The van der Waals surface area contributed by atoms with E-state index in [0.29, 0.717) is 19.2 Å². The van der Waals surface area contributed by atoms with Crippen molar-refractivity contribution in [3.05, 3.63) is 36.5 Å². The molecule has 2 saturated heterocycles. The van der Waals surface area contributed by atoms with Gasteiger partial charge >= 0.3 is 5.97 Å². The minimum absolute atomic E-state index is 0.0814. The van der Waals surface area contributed by atoms with Crippen LogP contribution in [0.1, 0.15) is 0 Å². The van der Waals surface area contributed by atoms with Gasteiger partial charge in [-0.1, -0.05) is 12.1 Å². The molecule has 0 spiro atoms. The number of aromatic nitrogens is 2. The van der Waals surface area contributed by atoms with Crippen molar-refractivity contribution in [3.8, 4) is 11.3 Å². The second-order valence-corrected chi connectivity index (χ2v) is 9.10. The molecule has 2 aliphatic heterocycles. The highest BCUT2D eigenvalue weighted by Gasteiger charge is 2.48. The van der Waals surface area contributed by atoms with Gasteiger partial charge < -0.3 is 30.1 Å². The van der Waals surface area contributed by atoms with Crippen molar-refractivity contribution in [1.82, 2.24) is 15.3 Å². The van der Waals surface area contributed by atoms with Crippen molar-refractivity contribution in [2.75, 3.05) is 49.0 Å². The molecule has 2 fully saturated rings. The van der Waals surface area contributed by atoms with E-state index in [0.717, 1.165) is 28.7 Å². The first-order valence-electron chi connectivity index (χ1n) is 10.6. The predicted octanol–water partition coefficient (Wildman–Crippen LogP) is 1.09. The molecule has 3 heterocycles. The van der Waals surface area contributed by atoms with Crippen LogP contribution in [0.25, 0.3) is 11.3 Å². The smallest absolute Gasteiger partial charge is 0.313 e. The first-order chi connectivity index (χ1) is 15.9. The molecule has 2 aromatic rings. The van der Waals surface area contributed by atoms with E-state index in [1.807, 2.05) is 49.3 Å². The second-order valence-electron chi connectivity index (χ2n) is 8.11. The number of rotatable bonds is 9. The normalized spacial score (nSPS) is 23.7. The zero-order valence-corrected chi connectivity index (χ0v) is 19.2. The van der Waals surface area contributed by atoms with Crippen molar-refractivity contribution in [3.63, 3.8) is 0 Å². The SMILES string of the molecule is CN(C)c1ccc(-c2ccnc(N[C@H]3CO[C@H]4[C@@H]3OC[C@@H]4NC(=O)CSCC(=O)O)n2)cc1. The molecule has 1 aromatic heterocycles. The van der Waals surface area contributed by atoms with Gasteiger partial charge in [0.2, 0.25) is 11.9 Å². The zero-order chi connectivity index (χ0) is 23.4. The number of thioether (sulfide) groups is 1. The molecule has 3 N–H and O–H groups in total. The van der Waals surface area contributed by atoms with Gasteiger partial charge in [0, 0.05) is 31.5 Å². The van der Waals surface area contributed by atoms with Gasteiger partial charge in [-0.15, -0.1) is 11.8 Å². The lowest BCUT2D eigenvalue weighted by Gasteiger charge is -2.18. The number of ether oxygens (including phenoxy) is 2. The van der Waals surface area contributed by atoms with Gasteiger partial charge in [-0.3, -0.25) is 9.59 Å². The summed E-state index contributed by atoms with van der Waals surface area (Å²) in [6, 6.07) is 9.58. The van der Waals surface area contributed by atoms with E-state index >= 15 is 0 Å². The summed E-state index contributed by atoms with van der Waals surface area (Å²) in [4.78, 5) is 33.7. The fraction of sp³-hybridized carbons (Fsp3) is 0.455. The third-order valence-corrected chi connectivity index (χ3v) is 6.43. The first-order valence-corrected chi connectivity index (χ1v) is 11.8. The van der Waals surface area contributed by atoms with Gasteiger partial charge in [0.15, 0.2) is 0 Å². The molecule has 10 nitrogen and oxygen atoms in total. The van der Waals surface area contributed by atoms with E-state index in [4.69, 9.17) is 14.6 Å². The van der Waals surface area contributed by atoms with Crippen molar-refractivity contribution in [1.29, 1.82) is 0 Å². The van der Waals surface area contributed by atoms with Crippen LogP contribution in [0.2, 0.25) is 0 Å². The largest absolute Gasteiger partial charge is 0.481 e. The average Bonchev–Trinajstić information content (AvgIpc) is 3.37. The number of hydrogen-bond acceptors (Lipinski definition) is 9. The fourth-order valence-corrected chi connectivity index (χ4v) is 4.46. The summed E-state index contributed by atoms with van der Waals surface area (Å²) in [6.07, 6.45) is 1.19. The monoisotopic (exact) mass is 473 g/mol. The van der Waals surface area contributed by atoms with E-state index in [1.165, 1.54) is 0 Å². The molecule has 0 aliphatic carbocycles. The van der Waals surface area contributed by atoms with Gasteiger partial charge in [0.25, 0.3) is 0 Å². The standard InChI is InChI=1S/C22H27N5O5S/c1-27(2)14-5-3-13(4-6-14)15-7-8-23-22(25-15)26-17-10-32-20-16(9-31-21(17)20)24-18(28)11-33-12-19(29)30/h3-8,16-17,20-21H,9-12H2,1-2H3,(H,24,28)(H,29,30)(H,23,25,26)/t16-,17-,20+,21+/m0/s1. The lowest BCUT2D eigenvalue weighted by atomic mass is 10.1. The molecule has 0 radical (unpaired) electrons. The molecule has 0 unspecified atom stereocenters. The summed E-state index contributed by atoms with van der Waals surface area (Å²) in [7, 11) is 4.00. The molecular formula is C22H27N5O5S. The molecule has 0 saturated carbocycles. The molecule has 0 bridgehead atoms. The van der Waals surface area contributed by atoms with E-state index in [1.54, 1.807) is 6.20 Å². The second kappa shape index (κ2) is 10.4. The van der Waals surface area contributed by atoms with Crippen molar-refractivity contribution in [2.24, 2.45) is 0 Å². The Morgan fingerprint density at radius 2 is 1.79 bits per heavy atom. The number of amides is 1. The number of carbonyl (C=O) groups excluding carboxylic acids is 1. The van der Waals surface area contributed by atoms with Crippen molar-refractivity contribution in [2.45, 2.75) is 24.3 Å². The van der Waals surface area contributed by atoms with Crippen LogP contribution < -0.4 is 15.5 Å². The molecule has 2 aliphatic rings. The summed E-state index contributed by atoms with van der Waals surface area (Å²) in [5.74, 6) is -0.714. The van der Waals surface area contributed by atoms with E-state index < -0.39 is 5.97 Å². The van der Waals surface area contributed by atoms with Gasteiger partial charge in [0.05, 0.1) is 42.5 Å². The summed E-state index contributed by atoms with van der Waals surface area (Å²) in [5, 5.41) is 14.9. The van der Waals surface area contributed by atoms with Crippen LogP contribution in [0, 0.1) is 0 Å². The van der Waals surface area contributed by atoms with Crippen LogP contribution in [-0.2, 0) is 19.1 Å². The lowest BCUT2D eigenvalue weighted by molar-refractivity contribution is -0.133. The van der Waals surface area contributed by atoms with E-state index in [-0.39, 0.29) is 41.7 Å². The summed E-state index contributed by atoms with van der Waals surface area (Å²) < 4.78 is 11.8. The van der Waals surface area contributed by atoms with Crippen LogP contribution in [-0.4, -0.2) is 90.1 Å². The number of hydrogen-bond donors (Lipinski definition) is 3. The molecular weight excluding hydrogens is 446 g/mol. The van der Waals surface area contributed by atoms with Gasteiger partial charge in [-0.2, -0.15) is 0 Å². The van der Waals surface area contributed by atoms with Gasteiger partial charge in [-0.05, 0) is 18.2 Å². The Kier molecular flexibility index (Phi) is 7.31. The number of carboxylic acid groups (broad SMARTS) is 1. The number of nitrogens with zero attached hydrogens (tertiary/aromatic N) is 3. The summed E-state index contributed by atoms with van der Waals surface area (Å²) in [5.41, 5.74) is 2.91. The third-order valence-electron chi connectivity index (χ3n) is 5.51. The van der Waals surface area contributed by atoms with E-state index in [9.17, 15) is 9.59 Å².